The molecule has 0 unspecified atom stereocenters. The Hall–Kier alpha value is -2.77. The summed E-state index contributed by atoms with van der Waals surface area (Å²) in [5, 5.41) is 4.94. The molecule has 4 nitrogen and oxygen atoms in total. The molecule has 2 aromatic carbocycles. The minimum Gasteiger partial charge on any atom is -0.406 e. The molecular weight excluding hydrogens is 316 g/mol. The van der Waals surface area contributed by atoms with E-state index in [-0.39, 0.29) is 18.0 Å². The van der Waals surface area contributed by atoms with E-state index in [1.54, 1.807) is 6.07 Å². The Labute approximate surface area is 129 Å². The van der Waals surface area contributed by atoms with Crippen molar-refractivity contribution in [3.63, 3.8) is 0 Å². The molecule has 2 aromatic rings. The van der Waals surface area contributed by atoms with Crippen molar-refractivity contribution >= 4 is 11.7 Å². The van der Waals surface area contributed by atoms with Gasteiger partial charge in [-0.05, 0) is 42.0 Å². The zero-order chi connectivity index (χ0) is 16.9. The van der Waals surface area contributed by atoms with E-state index in [0.29, 0.717) is 5.56 Å². The molecular formula is C15H12F4N2O2. The van der Waals surface area contributed by atoms with Crippen LogP contribution < -0.4 is 15.4 Å². The van der Waals surface area contributed by atoms with Crippen molar-refractivity contribution in [2.75, 3.05) is 5.32 Å². The Kier molecular flexibility index (Phi) is 5.05. The van der Waals surface area contributed by atoms with Gasteiger partial charge in [-0.1, -0.05) is 12.1 Å². The third kappa shape index (κ3) is 5.85. The zero-order valence-corrected chi connectivity index (χ0v) is 11.7. The van der Waals surface area contributed by atoms with Crippen molar-refractivity contribution in [1.29, 1.82) is 0 Å². The fourth-order valence-electron chi connectivity index (χ4n) is 1.74. The van der Waals surface area contributed by atoms with Gasteiger partial charge in [-0.15, -0.1) is 13.2 Å². The topological polar surface area (TPSA) is 50.4 Å². The highest BCUT2D eigenvalue weighted by atomic mass is 19.4. The lowest BCUT2D eigenvalue weighted by Gasteiger charge is -2.10. The molecule has 0 aliphatic carbocycles. The van der Waals surface area contributed by atoms with Gasteiger partial charge >= 0.3 is 12.4 Å². The Balaban J connectivity index is 1.85. The second-order valence-corrected chi connectivity index (χ2v) is 4.51. The Morgan fingerprint density at radius 3 is 2.39 bits per heavy atom. The maximum Gasteiger partial charge on any atom is 0.573 e. The number of amides is 2. The fourth-order valence-corrected chi connectivity index (χ4v) is 1.74. The minimum atomic E-state index is -4.77. The second kappa shape index (κ2) is 6.99. The third-order valence-electron chi connectivity index (χ3n) is 2.69. The van der Waals surface area contributed by atoms with Crippen LogP contribution in [0.2, 0.25) is 0 Å². The van der Waals surface area contributed by atoms with Crippen molar-refractivity contribution in [3.8, 4) is 5.75 Å². The van der Waals surface area contributed by atoms with Gasteiger partial charge in [0.25, 0.3) is 0 Å². The molecule has 0 heterocycles. The van der Waals surface area contributed by atoms with E-state index in [9.17, 15) is 22.4 Å². The third-order valence-corrected chi connectivity index (χ3v) is 2.69. The number of benzene rings is 2. The van der Waals surface area contributed by atoms with Crippen LogP contribution in [0.5, 0.6) is 5.75 Å². The normalized spacial score (nSPS) is 11.0. The number of rotatable bonds is 4. The Morgan fingerprint density at radius 1 is 1.09 bits per heavy atom. The van der Waals surface area contributed by atoms with Crippen molar-refractivity contribution < 1.29 is 27.1 Å². The first kappa shape index (κ1) is 16.6. The smallest absolute Gasteiger partial charge is 0.406 e. The number of carbonyl (C=O) groups excluding carboxylic acids is 1. The largest absolute Gasteiger partial charge is 0.573 e. The van der Waals surface area contributed by atoms with E-state index in [2.05, 4.69) is 15.4 Å². The second-order valence-electron chi connectivity index (χ2n) is 4.51. The van der Waals surface area contributed by atoms with E-state index in [1.165, 1.54) is 30.3 Å². The van der Waals surface area contributed by atoms with Gasteiger partial charge < -0.3 is 15.4 Å². The van der Waals surface area contributed by atoms with Crippen LogP contribution in [0.1, 0.15) is 5.56 Å². The summed E-state index contributed by atoms with van der Waals surface area (Å²) < 4.78 is 52.7. The van der Waals surface area contributed by atoms with Gasteiger partial charge in [0.2, 0.25) is 0 Å². The van der Waals surface area contributed by atoms with Crippen molar-refractivity contribution in [3.05, 3.63) is 59.9 Å². The van der Waals surface area contributed by atoms with Crippen LogP contribution in [-0.4, -0.2) is 12.4 Å². The number of halogens is 4. The summed E-state index contributed by atoms with van der Waals surface area (Å²) in [6, 6.07) is 9.85. The summed E-state index contributed by atoms with van der Waals surface area (Å²) in [7, 11) is 0. The number of nitrogens with one attached hydrogen (secondary N) is 2. The van der Waals surface area contributed by atoms with Gasteiger partial charge in [0.05, 0.1) is 0 Å². The number of hydrogen-bond donors (Lipinski definition) is 2. The fraction of sp³-hybridized carbons (Fsp3) is 0.133. The van der Waals surface area contributed by atoms with Crippen LogP contribution in [-0.2, 0) is 6.54 Å². The molecule has 23 heavy (non-hydrogen) atoms. The van der Waals surface area contributed by atoms with Crippen LogP contribution in [0.4, 0.5) is 28.0 Å². The number of anilines is 1. The summed E-state index contributed by atoms with van der Waals surface area (Å²) in [5.41, 5.74) is 0.866. The number of carbonyl (C=O) groups is 1. The highest BCUT2D eigenvalue weighted by Crippen LogP contribution is 2.23. The molecule has 122 valence electrons. The maximum absolute atomic E-state index is 13.0. The molecule has 0 bridgehead atoms. The van der Waals surface area contributed by atoms with Gasteiger partial charge in [-0.2, -0.15) is 0 Å². The molecule has 2 N–H and O–H groups in total. The van der Waals surface area contributed by atoms with E-state index in [0.717, 1.165) is 12.1 Å². The number of hydrogen-bond acceptors (Lipinski definition) is 2. The van der Waals surface area contributed by atoms with Gasteiger partial charge in [-0.25, -0.2) is 9.18 Å². The molecule has 0 fully saturated rings. The Morgan fingerprint density at radius 2 is 1.78 bits per heavy atom. The monoisotopic (exact) mass is 328 g/mol. The summed E-state index contributed by atoms with van der Waals surface area (Å²) in [6.45, 7) is 0.110. The molecule has 0 aliphatic heterocycles. The van der Waals surface area contributed by atoms with Crippen LogP contribution in [0.3, 0.4) is 0 Å². The van der Waals surface area contributed by atoms with Crippen LogP contribution in [0.25, 0.3) is 0 Å². The predicted molar refractivity (Wildman–Crippen MR) is 75.4 cm³/mol. The molecule has 0 atom stereocenters. The first-order valence-corrected chi connectivity index (χ1v) is 6.47. The van der Waals surface area contributed by atoms with E-state index in [4.69, 9.17) is 0 Å². The van der Waals surface area contributed by atoms with Crippen LogP contribution in [0, 0.1) is 5.82 Å². The van der Waals surface area contributed by atoms with E-state index >= 15 is 0 Å². The first-order valence-electron chi connectivity index (χ1n) is 6.47. The summed E-state index contributed by atoms with van der Waals surface area (Å²) in [5.74, 6) is -0.798. The molecule has 0 aromatic heterocycles. The summed E-state index contributed by atoms with van der Waals surface area (Å²) in [6.07, 6.45) is -4.77. The van der Waals surface area contributed by atoms with Gasteiger partial charge in [-0.3, -0.25) is 0 Å². The molecule has 0 saturated carbocycles. The van der Waals surface area contributed by atoms with E-state index in [1.807, 2.05) is 0 Å². The summed E-state index contributed by atoms with van der Waals surface area (Å²) >= 11 is 0. The molecule has 8 heteroatoms. The molecule has 0 spiro atoms. The number of alkyl halides is 3. The molecule has 0 radical (unpaired) electrons. The highest BCUT2D eigenvalue weighted by molar-refractivity contribution is 5.89. The van der Waals surface area contributed by atoms with E-state index < -0.39 is 18.2 Å². The average Bonchev–Trinajstić information content (AvgIpc) is 2.46. The average molecular weight is 328 g/mol. The standard InChI is InChI=1S/C15H12F4N2O2/c16-11-3-1-2-10(8-11)9-20-14(22)21-12-4-6-13(7-5-12)23-15(17,18)19/h1-8H,9H2,(H2,20,21,22). The lowest BCUT2D eigenvalue weighted by Crippen LogP contribution is -2.28. The van der Waals surface area contributed by atoms with Crippen molar-refractivity contribution in [2.24, 2.45) is 0 Å². The number of urea groups is 1. The lowest BCUT2D eigenvalue weighted by molar-refractivity contribution is -0.274. The Bertz CT molecular complexity index is 672. The predicted octanol–water partition coefficient (Wildman–Crippen LogP) is 4.05. The lowest BCUT2D eigenvalue weighted by atomic mass is 10.2. The van der Waals surface area contributed by atoms with Gasteiger partial charge in [0.1, 0.15) is 11.6 Å². The maximum atomic E-state index is 13.0. The van der Waals surface area contributed by atoms with Crippen molar-refractivity contribution in [2.45, 2.75) is 12.9 Å². The van der Waals surface area contributed by atoms with Gasteiger partial charge in [0.15, 0.2) is 0 Å². The molecule has 0 saturated heterocycles. The van der Waals surface area contributed by atoms with Gasteiger partial charge in [0, 0.05) is 12.2 Å². The van der Waals surface area contributed by atoms with Crippen LogP contribution in [0.15, 0.2) is 48.5 Å². The summed E-state index contributed by atoms with van der Waals surface area (Å²) in [4.78, 5) is 11.7. The zero-order valence-electron chi connectivity index (χ0n) is 11.7. The SMILES string of the molecule is O=C(NCc1cccc(F)c1)Nc1ccc(OC(F)(F)F)cc1. The van der Waals surface area contributed by atoms with Crippen molar-refractivity contribution in [1.82, 2.24) is 5.32 Å². The minimum absolute atomic E-state index is 0.110. The molecule has 0 aliphatic rings. The molecule has 2 rings (SSSR count). The van der Waals surface area contributed by atoms with Crippen LogP contribution >= 0.6 is 0 Å². The molecule has 2 amide bonds. The highest BCUT2D eigenvalue weighted by Gasteiger charge is 2.30. The number of ether oxygens (including phenoxy) is 1. The first-order chi connectivity index (χ1) is 10.8. The quantitative estimate of drug-likeness (QED) is 0.832.